The van der Waals surface area contributed by atoms with E-state index in [0.717, 1.165) is 5.69 Å². The van der Waals surface area contributed by atoms with E-state index in [2.05, 4.69) is 10.1 Å². The largest absolute Gasteiger partial charge is 0.464 e. The minimum atomic E-state index is -0.495. The fraction of sp³-hybridized carbons (Fsp3) is 0.0714. The third-order valence-electron chi connectivity index (χ3n) is 2.78. The number of hydrogen-bond acceptors (Lipinski definition) is 5. The Balaban J connectivity index is 2.17. The SMILES string of the molecule is COC(=O)c1cc(-c2ccco2)n(-c2ccncc2)n1. The van der Waals surface area contributed by atoms with E-state index in [1.807, 2.05) is 0 Å². The molecule has 3 heterocycles. The Morgan fingerprint density at radius 2 is 2.10 bits per heavy atom. The number of furan rings is 1. The van der Waals surface area contributed by atoms with Crippen molar-refractivity contribution in [3.63, 3.8) is 0 Å². The highest BCUT2D eigenvalue weighted by Gasteiger charge is 2.18. The molecule has 0 atom stereocenters. The third-order valence-corrected chi connectivity index (χ3v) is 2.78. The van der Waals surface area contributed by atoms with Gasteiger partial charge in [0.2, 0.25) is 0 Å². The summed E-state index contributed by atoms with van der Waals surface area (Å²) in [6.07, 6.45) is 4.87. The highest BCUT2D eigenvalue weighted by molar-refractivity contribution is 5.88. The van der Waals surface area contributed by atoms with Crippen LogP contribution in [0.1, 0.15) is 10.5 Å². The summed E-state index contributed by atoms with van der Waals surface area (Å²) >= 11 is 0. The van der Waals surface area contributed by atoms with E-state index in [0.29, 0.717) is 11.5 Å². The lowest BCUT2D eigenvalue weighted by molar-refractivity contribution is 0.0593. The van der Waals surface area contributed by atoms with Gasteiger partial charge in [0, 0.05) is 18.5 Å². The zero-order valence-corrected chi connectivity index (χ0v) is 10.7. The summed E-state index contributed by atoms with van der Waals surface area (Å²) in [6, 6.07) is 8.79. The topological polar surface area (TPSA) is 70.2 Å². The minimum absolute atomic E-state index is 0.218. The van der Waals surface area contributed by atoms with Gasteiger partial charge in [-0.15, -0.1) is 0 Å². The quantitative estimate of drug-likeness (QED) is 0.682. The van der Waals surface area contributed by atoms with Crippen LogP contribution in [0.15, 0.2) is 53.4 Å². The lowest BCUT2D eigenvalue weighted by Crippen LogP contribution is -2.04. The number of rotatable bonds is 3. The van der Waals surface area contributed by atoms with Crippen molar-refractivity contribution in [1.29, 1.82) is 0 Å². The number of hydrogen-bond donors (Lipinski definition) is 0. The first-order valence-corrected chi connectivity index (χ1v) is 5.92. The maximum atomic E-state index is 11.6. The van der Waals surface area contributed by atoms with Crippen molar-refractivity contribution in [1.82, 2.24) is 14.8 Å². The Morgan fingerprint density at radius 3 is 2.75 bits per heavy atom. The van der Waals surface area contributed by atoms with Crippen LogP contribution in [-0.2, 0) is 4.74 Å². The second-order valence-electron chi connectivity index (χ2n) is 4.00. The molecule has 6 nitrogen and oxygen atoms in total. The summed E-state index contributed by atoms with van der Waals surface area (Å²) in [6.45, 7) is 0. The van der Waals surface area contributed by atoms with Crippen molar-refractivity contribution in [2.45, 2.75) is 0 Å². The molecule has 0 N–H and O–H groups in total. The van der Waals surface area contributed by atoms with Crippen molar-refractivity contribution in [2.75, 3.05) is 7.11 Å². The third kappa shape index (κ3) is 2.07. The van der Waals surface area contributed by atoms with Gasteiger partial charge in [0.05, 0.1) is 19.1 Å². The van der Waals surface area contributed by atoms with Crippen LogP contribution in [0.2, 0.25) is 0 Å². The molecule has 0 amide bonds. The minimum Gasteiger partial charge on any atom is -0.464 e. The average molecular weight is 269 g/mol. The number of aromatic nitrogens is 3. The van der Waals surface area contributed by atoms with Crippen LogP contribution >= 0.6 is 0 Å². The van der Waals surface area contributed by atoms with Crippen molar-refractivity contribution >= 4 is 5.97 Å². The fourth-order valence-corrected chi connectivity index (χ4v) is 1.87. The van der Waals surface area contributed by atoms with E-state index in [1.54, 1.807) is 53.7 Å². The van der Waals surface area contributed by atoms with Gasteiger partial charge in [-0.05, 0) is 24.3 Å². The first-order valence-electron chi connectivity index (χ1n) is 5.92. The first kappa shape index (κ1) is 12.2. The van der Waals surface area contributed by atoms with Crippen LogP contribution < -0.4 is 0 Å². The zero-order chi connectivity index (χ0) is 13.9. The van der Waals surface area contributed by atoms with E-state index >= 15 is 0 Å². The van der Waals surface area contributed by atoms with Gasteiger partial charge in [0.1, 0.15) is 5.69 Å². The molecule has 100 valence electrons. The van der Waals surface area contributed by atoms with Gasteiger partial charge in [0.25, 0.3) is 0 Å². The summed E-state index contributed by atoms with van der Waals surface area (Å²) < 4.78 is 11.7. The highest BCUT2D eigenvalue weighted by atomic mass is 16.5. The van der Waals surface area contributed by atoms with Gasteiger partial charge in [-0.3, -0.25) is 4.98 Å². The standard InChI is InChI=1S/C14H11N3O3/c1-19-14(18)11-9-12(13-3-2-8-20-13)17(16-11)10-4-6-15-7-5-10/h2-9H,1H3. The van der Waals surface area contributed by atoms with Crippen LogP contribution in [0.4, 0.5) is 0 Å². The summed E-state index contributed by atoms with van der Waals surface area (Å²) in [4.78, 5) is 15.6. The summed E-state index contributed by atoms with van der Waals surface area (Å²) in [7, 11) is 1.32. The van der Waals surface area contributed by atoms with Gasteiger partial charge in [-0.1, -0.05) is 0 Å². The molecule has 3 aromatic heterocycles. The van der Waals surface area contributed by atoms with Gasteiger partial charge in [-0.25, -0.2) is 9.48 Å². The maximum absolute atomic E-state index is 11.6. The number of nitrogens with zero attached hydrogens (tertiary/aromatic N) is 3. The lowest BCUT2D eigenvalue weighted by atomic mass is 10.3. The molecule has 0 saturated carbocycles. The fourth-order valence-electron chi connectivity index (χ4n) is 1.87. The average Bonchev–Trinajstić information content (AvgIpc) is 3.16. The number of pyridine rings is 1. The predicted molar refractivity (Wildman–Crippen MR) is 70.4 cm³/mol. The number of carbonyl (C=O) groups excluding carboxylic acids is 1. The Morgan fingerprint density at radius 1 is 1.30 bits per heavy atom. The Kier molecular flexibility index (Phi) is 3.04. The zero-order valence-electron chi connectivity index (χ0n) is 10.7. The molecule has 0 saturated heterocycles. The van der Waals surface area contributed by atoms with E-state index in [-0.39, 0.29) is 5.69 Å². The number of carbonyl (C=O) groups is 1. The van der Waals surface area contributed by atoms with E-state index in [4.69, 9.17) is 9.15 Å². The molecule has 6 heteroatoms. The molecule has 20 heavy (non-hydrogen) atoms. The summed E-state index contributed by atoms with van der Waals surface area (Å²) in [5.74, 6) is 0.120. The Bertz CT molecular complexity index is 717. The number of ether oxygens (including phenoxy) is 1. The lowest BCUT2D eigenvalue weighted by Gasteiger charge is -2.04. The smallest absolute Gasteiger partial charge is 0.358 e. The molecule has 0 bridgehead atoms. The van der Waals surface area contributed by atoms with Gasteiger partial charge < -0.3 is 9.15 Å². The molecule has 0 fully saturated rings. The van der Waals surface area contributed by atoms with Crippen molar-refractivity contribution in [3.05, 3.63) is 54.7 Å². The van der Waals surface area contributed by atoms with E-state index in [9.17, 15) is 4.79 Å². The summed E-state index contributed by atoms with van der Waals surface area (Å²) in [5, 5.41) is 4.26. The summed E-state index contributed by atoms with van der Waals surface area (Å²) in [5.41, 5.74) is 1.67. The normalized spacial score (nSPS) is 10.4. The second-order valence-corrected chi connectivity index (χ2v) is 4.00. The van der Waals surface area contributed by atoms with Crippen LogP contribution in [0.3, 0.4) is 0 Å². The number of esters is 1. The molecule has 0 unspecified atom stereocenters. The molecular weight excluding hydrogens is 258 g/mol. The van der Waals surface area contributed by atoms with Crippen LogP contribution in [0, 0.1) is 0 Å². The molecule has 0 aliphatic rings. The van der Waals surface area contributed by atoms with E-state index in [1.165, 1.54) is 7.11 Å². The molecule has 0 aromatic carbocycles. The van der Waals surface area contributed by atoms with Gasteiger partial charge >= 0.3 is 5.97 Å². The van der Waals surface area contributed by atoms with E-state index < -0.39 is 5.97 Å². The van der Waals surface area contributed by atoms with Crippen molar-refractivity contribution in [3.8, 4) is 17.1 Å². The number of methoxy groups -OCH3 is 1. The molecule has 0 radical (unpaired) electrons. The molecule has 0 spiro atoms. The molecule has 3 rings (SSSR count). The second kappa shape index (κ2) is 5.00. The van der Waals surface area contributed by atoms with Crippen molar-refractivity contribution in [2.24, 2.45) is 0 Å². The van der Waals surface area contributed by atoms with Crippen LogP contribution in [0.25, 0.3) is 17.1 Å². The predicted octanol–water partition coefficient (Wildman–Crippen LogP) is 2.31. The molecular formula is C14H11N3O3. The van der Waals surface area contributed by atoms with Crippen LogP contribution in [-0.4, -0.2) is 27.8 Å². The molecule has 0 aliphatic heterocycles. The van der Waals surface area contributed by atoms with Gasteiger partial charge in [0.15, 0.2) is 11.5 Å². The van der Waals surface area contributed by atoms with Crippen molar-refractivity contribution < 1.29 is 13.9 Å². The Hall–Kier alpha value is -2.89. The highest BCUT2D eigenvalue weighted by Crippen LogP contribution is 2.24. The Labute approximate surface area is 114 Å². The molecule has 0 aliphatic carbocycles. The maximum Gasteiger partial charge on any atom is 0.358 e. The first-order chi connectivity index (χ1) is 9.79. The monoisotopic (exact) mass is 269 g/mol. The van der Waals surface area contributed by atoms with Gasteiger partial charge in [-0.2, -0.15) is 5.10 Å². The van der Waals surface area contributed by atoms with Crippen LogP contribution in [0.5, 0.6) is 0 Å². The molecule has 3 aromatic rings.